The molecule has 0 aromatic heterocycles. The number of hydrogen-bond donors (Lipinski definition) is 0. The van der Waals surface area contributed by atoms with E-state index in [9.17, 15) is 4.79 Å². The maximum absolute atomic E-state index is 12.8. The normalized spacial score (nSPS) is 14.0. The van der Waals surface area contributed by atoms with Crippen molar-refractivity contribution in [3.8, 4) is 0 Å². The molecule has 3 aromatic carbocycles. The summed E-state index contributed by atoms with van der Waals surface area (Å²) in [4.78, 5) is 15.1. The summed E-state index contributed by atoms with van der Waals surface area (Å²) in [7, 11) is 0. The Balaban J connectivity index is 1.71. The SMILES string of the molecule is O=C(C=C(c1ccccc1)N1CCc2ccccc2C1)c1ccccc1. The first-order valence-corrected chi connectivity index (χ1v) is 8.99. The van der Waals surface area contributed by atoms with Crippen LogP contribution in [0.5, 0.6) is 0 Å². The fourth-order valence-corrected chi connectivity index (χ4v) is 3.48. The molecule has 0 atom stereocenters. The Morgan fingerprint density at radius 1 is 0.731 bits per heavy atom. The zero-order valence-corrected chi connectivity index (χ0v) is 14.6. The van der Waals surface area contributed by atoms with Gasteiger partial charge < -0.3 is 4.90 Å². The lowest BCUT2D eigenvalue weighted by Crippen LogP contribution is -2.29. The molecule has 2 heteroatoms. The van der Waals surface area contributed by atoms with Gasteiger partial charge >= 0.3 is 0 Å². The van der Waals surface area contributed by atoms with Gasteiger partial charge in [-0.2, -0.15) is 0 Å². The lowest BCUT2D eigenvalue weighted by molar-refractivity contribution is 0.104. The van der Waals surface area contributed by atoms with E-state index in [1.54, 1.807) is 6.08 Å². The molecule has 1 heterocycles. The molecule has 1 aliphatic heterocycles. The van der Waals surface area contributed by atoms with E-state index >= 15 is 0 Å². The summed E-state index contributed by atoms with van der Waals surface area (Å²) in [6.45, 7) is 1.75. The third kappa shape index (κ3) is 3.45. The van der Waals surface area contributed by atoms with Crippen LogP contribution in [-0.2, 0) is 13.0 Å². The van der Waals surface area contributed by atoms with Crippen molar-refractivity contribution in [3.05, 3.63) is 113 Å². The van der Waals surface area contributed by atoms with Crippen LogP contribution in [0.2, 0.25) is 0 Å². The number of benzene rings is 3. The molecule has 0 saturated heterocycles. The first-order valence-electron chi connectivity index (χ1n) is 8.99. The topological polar surface area (TPSA) is 20.3 Å². The predicted molar refractivity (Wildman–Crippen MR) is 106 cm³/mol. The first-order chi connectivity index (χ1) is 12.8. The molecule has 2 nitrogen and oxygen atoms in total. The second kappa shape index (κ2) is 7.40. The second-order valence-electron chi connectivity index (χ2n) is 6.57. The van der Waals surface area contributed by atoms with Gasteiger partial charge in [0.25, 0.3) is 0 Å². The number of rotatable bonds is 4. The minimum atomic E-state index is 0.0447. The summed E-state index contributed by atoms with van der Waals surface area (Å²) < 4.78 is 0. The third-order valence-corrected chi connectivity index (χ3v) is 4.87. The van der Waals surface area contributed by atoms with E-state index in [-0.39, 0.29) is 5.78 Å². The fourth-order valence-electron chi connectivity index (χ4n) is 3.48. The van der Waals surface area contributed by atoms with E-state index < -0.39 is 0 Å². The summed E-state index contributed by atoms with van der Waals surface area (Å²) >= 11 is 0. The molecule has 0 radical (unpaired) electrons. The van der Waals surface area contributed by atoms with Gasteiger partial charge in [0.15, 0.2) is 5.78 Å². The molecule has 0 saturated carbocycles. The van der Waals surface area contributed by atoms with Crippen molar-refractivity contribution < 1.29 is 4.79 Å². The van der Waals surface area contributed by atoms with Crippen LogP contribution in [0.15, 0.2) is 91.0 Å². The Bertz CT molecular complexity index is 929. The lowest BCUT2D eigenvalue weighted by atomic mass is 9.97. The smallest absolute Gasteiger partial charge is 0.187 e. The number of ketones is 1. The van der Waals surface area contributed by atoms with Crippen molar-refractivity contribution in [2.24, 2.45) is 0 Å². The maximum Gasteiger partial charge on any atom is 0.187 e. The van der Waals surface area contributed by atoms with Crippen molar-refractivity contribution >= 4 is 11.5 Å². The van der Waals surface area contributed by atoms with Crippen LogP contribution >= 0.6 is 0 Å². The lowest BCUT2D eigenvalue weighted by Gasteiger charge is -2.33. The first kappa shape index (κ1) is 16.3. The van der Waals surface area contributed by atoms with Gasteiger partial charge in [0, 0.05) is 30.4 Å². The van der Waals surface area contributed by atoms with E-state index in [1.165, 1.54) is 11.1 Å². The molecule has 0 bridgehead atoms. The van der Waals surface area contributed by atoms with Gasteiger partial charge in [-0.05, 0) is 23.1 Å². The monoisotopic (exact) mass is 339 g/mol. The molecule has 1 aliphatic rings. The standard InChI is InChI=1S/C24H21NO/c26-24(21-12-5-2-6-13-21)17-23(20-10-3-1-4-11-20)25-16-15-19-9-7-8-14-22(19)18-25/h1-14,17H,15-16,18H2. The second-order valence-corrected chi connectivity index (χ2v) is 6.57. The fraction of sp³-hybridized carbons (Fsp3) is 0.125. The molecule has 0 unspecified atom stereocenters. The van der Waals surface area contributed by atoms with Gasteiger partial charge in [0.2, 0.25) is 0 Å². The minimum absolute atomic E-state index is 0.0447. The van der Waals surface area contributed by atoms with E-state index in [0.717, 1.165) is 36.3 Å². The Hall–Kier alpha value is -3.13. The molecule has 0 spiro atoms. The molecule has 0 N–H and O–H groups in total. The van der Waals surface area contributed by atoms with E-state index in [1.807, 2.05) is 48.5 Å². The predicted octanol–water partition coefficient (Wildman–Crippen LogP) is 4.97. The summed E-state index contributed by atoms with van der Waals surface area (Å²) in [5, 5.41) is 0. The molecule has 3 aromatic rings. The number of carbonyl (C=O) groups is 1. The van der Waals surface area contributed by atoms with Crippen molar-refractivity contribution in [1.29, 1.82) is 0 Å². The van der Waals surface area contributed by atoms with Crippen LogP contribution in [0, 0.1) is 0 Å². The van der Waals surface area contributed by atoms with Crippen molar-refractivity contribution in [3.63, 3.8) is 0 Å². The van der Waals surface area contributed by atoms with Crippen molar-refractivity contribution in [1.82, 2.24) is 4.90 Å². The number of fused-ring (bicyclic) bond motifs is 1. The van der Waals surface area contributed by atoms with Crippen LogP contribution in [0.4, 0.5) is 0 Å². The molecule has 0 amide bonds. The van der Waals surface area contributed by atoms with Crippen LogP contribution < -0.4 is 0 Å². The zero-order valence-electron chi connectivity index (χ0n) is 14.6. The number of nitrogens with zero attached hydrogens (tertiary/aromatic N) is 1. The number of allylic oxidation sites excluding steroid dienone is 1. The molecular formula is C24H21NO. The van der Waals surface area contributed by atoms with Gasteiger partial charge in [-0.3, -0.25) is 4.79 Å². The molecule has 26 heavy (non-hydrogen) atoms. The highest BCUT2D eigenvalue weighted by molar-refractivity contribution is 6.08. The summed E-state index contributed by atoms with van der Waals surface area (Å²) in [6, 6.07) is 28.2. The van der Waals surface area contributed by atoms with E-state index in [0.29, 0.717) is 0 Å². The molecular weight excluding hydrogens is 318 g/mol. The number of hydrogen-bond acceptors (Lipinski definition) is 2. The summed E-state index contributed by atoms with van der Waals surface area (Å²) in [5.41, 5.74) is 5.54. The average molecular weight is 339 g/mol. The van der Waals surface area contributed by atoms with E-state index in [4.69, 9.17) is 0 Å². The highest BCUT2D eigenvalue weighted by atomic mass is 16.1. The van der Waals surface area contributed by atoms with Gasteiger partial charge in [-0.15, -0.1) is 0 Å². The van der Waals surface area contributed by atoms with Crippen LogP contribution in [0.25, 0.3) is 5.70 Å². The summed E-state index contributed by atoms with van der Waals surface area (Å²) in [6.07, 6.45) is 2.79. The highest BCUT2D eigenvalue weighted by Crippen LogP contribution is 2.27. The van der Waals surface area contributed by atoms with E-state index in [2.05, 4.69) is 41.3 Å². The van der Waals surface area contributed by atoms with Gasteiger partial charge in [0.05, 0.1) is 0 Å². The Morgan fingerprint density at radius 2 is 1.31 bits per heavy atom. The van der Waals surface area contributed by atoms with Crippen LogP contribution in [0.1, 0.15) is 27.0 Å². The Labute approximate surface area is 154 Å². The largest absolute Gasteiger partial charge is 0.366 e. The zero-order chi connectivity index (χ0) is 17.8. The van der Waals surface area contributed by atoms with Crippen molar-refractivity contribution in [2.45, 2.75) is 13.0 Å². The highest BCUT2D eigenvalue weighted by Gasteiger charge is 2.20. The Morgan fingerprint density at radius 3 is 2.00 bits per heavy atom. The quantitative estimate of drug-likeness (QED) is 0.494. The minimum Gasteiger partial charge on any atom is -0.366 e. The molecule has 0 fully saturated rings. The molecule has 4 rings (SSSR count). The Kier molecular flexibility index (Phi) is 4.65. The van der Waals surface area contributed by atoms with Crippen LogP contribution in [-0.4, -0.2) is 17.2 Å². The third-order valence-electron chi connectivity index (χ3n) is 4.87. The molecule has 0 aliphatic carbocycles. The van der Waals surface area contributed by atoms with Gasteiger partial charge in [-0.1, -0.05) is 84.9 Å². The van der Waals surface area contributed by atoms with Crippen LogP contribution in [0.3, 0.4) is 0 Å². The van der Waals surface area contributed by atoms with Crippen molar-refractivity contribution in [2.75, 3.05) is 6.54 Å². The summed E-state index contributed by atoms with van der Waals surface area (Å²) in [5.74, 6) is 0.0447. The maximum atomic E-state index is 12.8. The van der Waals surface area contributed by atoms with Gasteiger partial charge in [0.1, 0.15) is 0 Å². The molecule has 128 valence electrons. The number of carbonyl (C=O) groups excluding carboxylic acids is 1. The average Bonchev–Trinajstić information content (AvgIpc) is 2.73. The van der Waals surface area contributed by atoms with Gasteiger partial charge in [-0.25, -0.2) is 0 Å².